The van der Waals surface area contributed by atoms with Crippen LogP contribution in [-0.4, -0.2) is 21.3 Å². The van der Waals surface area contributed by atoms with E-state index in [4.69, 9.17) is 5.11 Å². The van der Waals surface area contributed by atoms with Crippen molar-refractivity contribution in [3.05, 3.63) is 38.6 Å². The Morgan fingerprint density at radius 2 is 2.29 bits per heavy atom. The molecule has 7 heteroatoms. The molecule has 0 saturated carbocycles. The highest BCUT2D eigenvalue weighted by Crippen LogP contribution is 2.20. The summed E-state index contributed by atoms with van der Waals surface area (Å²) in [7, 11) is 0. The molecule has 2 aromatic heterocycles. The summed E-state index contributed by atoms with van der Waals surface area (Å²) in [4.78, 5) is 11.7. The van der Waals surface area contributed by atoms with Gasteiger partial charge in [0.1, 0.15) is 5.82 Å². The largest absolute Gasteiger partial charge is 0.476 e. The fourth-order valence-electron chi connectivity index (χ4n) is 1.16. The average Bonchev–Trinajstić information content (AvgIpc) is 2.73. The molecular weight excluding hydrogens is 306 g/mol. The smallest absolute Gasteiger partial charge is 0.356 e. The van der Waals surface area contributed by atoms with Crippen molar-refractivity contribution in [2.45, 2.75) is 6.54 Å². The zero-order valence-electron chi connectivity index (χ0n) is 8.55. The second-order valence-electron chi connectivity index (χ2n) is 3.19. The Morgan fingerprint density at radius 1 is 1.47 bits per heavy atom. The van der Waals surface area contributed by atoms with Crippen LogP contribution in [0.3, 0.4) is 0 Å². The van der Waals surface area contributed by atoms with Crippen LogP contribution >= 0.6 is 27.3 Å². The van der Waals surface area contributed by atoms with Crippen molar-refractivity contribution in [3.63, 3.8) is 0 Å². The number of nitrogens with zero attached hydrogens (tertiary/aromatic N) is 2. The summed E-state index contributed by atoms with van der Waals surface area (Å²) < 4.78 is 1.05. The lowest BCUT2D eigenvalue weighted by Gasteiger charge is -2.02. The monoisotopic (exact) mass is 313 g/mol. The van der Waals surface area contributed by atoms with Crippen molar-refractivity contribution in [1.29, 1.82) is 0 Å². The number of hydrogen-bond acceptors (Lipinski definition) is 5. The lowest BCUT2D eigenvalue weighted by Crippen LogP contribution is -2.05. The molecule has 0 aromatic carbocycles. The molecule has 0 amide bonds. The number of carboxylic acids is 1. The highest BCUT2D eigenvalue weighted by atomic mass is 79.9. The van der Waals surface area contributed by atoms with E-state index in [0.717, 1.165) is 9.35 Å². The van der Waals surface area contributed by atoms with E-state index in [1.165, 1.54) is 6.07 Å². The summed E-state index contributed by atoms with van der Waals surface area (Å²) >= 11 is 5.00. The normalized spacial score (nSPS) is 10.2. The zero-order chi connectivity index (χ0) is 12.3. The molecule has 0 saturated heterocycles. The molecule has 0 fully saturated rings. The van der Waals surface area contributed by atoms with Crippen LogP contribution in [-0.2, 0) is 6.54 Å². The first kappa shape index (κ1) is 12.0. The molecule has 0 aliphatic heterocycles. The third-order valence-corrected chi connectivity index (χ3v) is 3.65. The van der Waals surface area contributed by atoms with Gasteiger partial charge in [0.2, 0.25) is 0 Å². The van der Waals surface area contributed by atoms with Crippen molar-refractivity contribution in [2.75, 3.05) is 5.32 Å². The first-order chi connectivity index (χ1) is 8.15. The molecule has 0 aliphatic rings. The molecule has 2 rings (SSSR count). The minimum Gasteiger partial charge on any atom is -0.476 e. The summed E-state index contributed by atoms with van der Waals surface area (Å²) in [5.41, 5.74) is -0.0607. The van der Waals surface area contributed by atoms with E-state index in [-0.39, 0.29) is 5.69 Å². The average molecular weight is 314 g/mol. The van der Waals surface area contributed by atoms with Crippen LogP contribution in [0.5, 0.6) is 0 Å². The number of aromatic carboxylic acids is 1. The van der Waals surface area contributed by atoms with Crippen molar-refractivity contribution in [2.24, 2.45) is 0 Å². The molecule has 5 nitrogen and oxygen atoms in total. The Hall–Kier alpha value is -1.47. The fourth-order valence-corrected chi connectivity index (χ4v) is 2.56. The fraction of sp³-hybridized carbons (Fsp3) is 0.100. The number of hydrogen-bond donors (Lipinski definition) is 2. The van der Waals surface area contributed by atoms with Crippen molar-refractivity contribution in [1.82, 2.24) is 10.2 Å². The summed E-state index contributed by atoms with van der Waals surface area (Å²) in [5.74, 6) is -0.522. The zero-order valence-corrected chi connectivity index (χ0v) is 11.0. The number of anilines is 1. The van der Waals surface area contributed by atoms with E-state index < -0.39 is 5.97 Å². The topological polar surface area (TPSA) is 75.1 Å². The van der Waals surface area contributed by atoms with Gasteiger partial charge in [0.25, 0.3) is 0 Å². The third kappa shape index (κ3) is 3.24. The molecule has 88 valence electrons. The maximum Gasteiger partial charge on any atom is 0.356 e. The molecule has 2 aromatic rings. The van der Waals surface area contributed by atoms with E-state index in [1.54, 1.807) is 17.4 Å². The summed E-state index contributed by atoms with van der Waals surface area (Å²) in [6.45, 7) is 0.636. The number of carbonyl (C=O) groups is 1. The van der Waals surface area contributed by atoms with Gasteiger partial charge in [0.05, 0.1) is 6.54 Å². The van der Waals surface area contributed by atoms with Gasteiger partial charge in [-0.2, -0.15) is 0 Å². The number of nitrogens with one attached hydrogen (secondary N) is 1. The highest BCUT2D eigenvalue weighted by molar-refractivity contribution is 9.10. The van der Waals surface area contributed by atoms with Crippen LogP contribution in [0.25, 0.3) is 0 Å². The molecular formula is C10H8BrN3O2S. The lowest BCUT2D eigenvalue weighted by molar-refractivity contribution is 0.0689. The Kier molecular flexibility index (Phi) is 3.70. The van der Waals surface area contributed by atoms with Gasteiger partial charge in [-0.05, 0) is 34.1 Å². The maximum atomic E-state index is 10.6. The number of aromatic nitrogens is 2. The number of rotatable bonds is 4. The number of carboxylic acid groups (broad SMARTS) is 1. The maximum absolute atomic E-state index is 10.6. The van der Waals surface area contributed by atoms with Crippen LogP contribution in [0.4, 0.5) is 5.82 Å². The van der Waals surface area contributed by atoms with Gasteiger partial charge >= 0.3 is 5.97 Å². The molecule has 17 heavy (non-hydrogen) atoms. The minimum atomic E-state index is -1.08. The van der Waals surface area contributed by atoms with E-state index in [0.29, 0.717) is 12.4 Å². The summed E-state index contributed by atoms with van der Waals surface area (Å²) in [6, 6.07) is 5.03. The third-order valence-electron chi connectivity index (χ3n) is 1.95. The summed E-state index contributed by atoms with van der Waals surface area (Å²) in [5, 5.41) is 21.1. The molecule has 2 heterocycles. The minimum absolute atomic E-state index is 0.0607. The number of thiophene rings is 1. The van der Waals surface area contributed by atoms with Crippen molar-refractivity contribution < 1.29 is 9.90 Å². The van der Waals surface area contributed by atoms with Gasteiger partial charge in [-0.25, -0.2) is 4.79 Å². The predicted molar refractivity (Wildman–Crippen MR) is 68.3 cm³/mol. The first-order valence-corrected chi connectivity index (χ1v) is 6.36. The number of halogens is 1. The summed E-state index contributed by atoms with van der Waals surface area (Å²) in [6.07, 6.45) is 0. The van der Waals surface area contributed by atoms with Crippen LogP contribution in [0.2, 0.25) is 0 Å². The molecule has 0 atom stereocenters. The van der Waals surface area contributed by atoms with Crippen molar-refractivity contribution >= 4 is 39.1 Å². The van der Waals surface area contributed by atoms with Crippen LogP contribution in [0.15, 0.2) is 28.1 Å². The van der Waals surface area contributed by atoms with Gasteiger partial charge in [-0.15, -0.1) is 21.5 Å². The Morgan fingerprint density at radius 3 is 2.82 bits per heavy atom. The SMILES string of the molecule is O=C(O)c1ccc(NCc2cc(Br)cs2)nn1. The van der Waals surface area contributed by atoms with E-state index >= 15 is 0 Å². The second kappa shape index (κ2) is 5.24. The van der Waals surface area contributed by atoms with Gasteiger partial charge in [0.15, 0.2) is 5.69 Å². The Balaban J connectivity index is 1.97. The van der Waals surface area contributed by atoms with Gasteiger partial charge in [-0.1, -0.05) is 0 Å². The highest BCUT2D eigenvalue weighted by Gasteiger charge is 2.05. The van der Waals surface area contributed by atoms with Crippen LogP contribution in [0, 0.1) is 0 Å². The molecule has 0 radical (unpaired) electrons. The Labute approximate surface area is 110 Å². The van der Waals surface area contributed by atoms with Gasteiger partial charge in [-0.3, -0.25) is 0 Å². The molecule has 0 bridgehead atoms. The van der Waals surface area contributed by atoms with E-state index in [9.17, 15) is 4.79 Å². The van der Waals surface area contributed by atoms with Gasteiger partial charge in [0, 0.05) is 14.7 Å². The van der Waals surface area contributed by atoms with Crippen LogP contribution < -0.4 is 5.32 Å². The van der Waals surface area contributed by atoms with E-state index in [2.05, 4.69) is 31.4 Å². The molecule has 0 unspecified atom stereocenters. The standard InChI is InChI=1S/C10H8BrN3O2S/c11-6-3-7(17-5-6)4-12-9-2-1-8(10(15)16)13-14-9/h1-3,5H,4H2,(H,12,14)(H,15,16). The molecule has 0 aliphatic carbocycles. The molecule has 0 spiro atoms. The quantitative estimate of drug-likeness (QED) is 0.907. The van der Waals surface area contributed by atoms with E-state index in [1.807, 2.05) is 11.4 Å². The van der Waals surface area contributed by atoms with Gasteiger partial charge < -0.3 is 10.4 Å². The molecule has 2 N–H and O–H groups in total. The lowest BCUT2D eigenvalue weighted by atomic mass is 10.4. The Bertz CT molecular complexity index is 527. The second-order valence-corrected chi connectivity index (χ2v) is 5.11. The van der Waals surface area contributed by atoms with Crippen LogP contribution in [0.1, 0.15) is 15.4 Å². The first-order valence-electron chi connectivity index (χ1n) is 4.69. The van der Waals surface area contributed by atoms with Crippen molar-refractivity contribution in [3.8, 4) is 0 Å². The predicted octanol–water partition coefficient (Wildman–Crippen LogP) is 2.61.